The van der Waals surface area contributed by atoms with Crippen LogP contribution >= 0.6 is 0 Å². The van der Waals surface area contributed by atoms with E-state index in [2.05, 4.69) is 10.6 Å². The van der Waals surface area contributed by atoms with Crippen molar-refractivity contribution in [3.63, 3.8) is 0 Å². The number of para-hydroxylation sites is 2. The Morgan fingerprint density at radius 1 is 1.10 bits per heavy atom. The zero-order chi connectivity index (χ0) is 20.5. The number of ether oxygens (including phenoxy) is 2. The van der Waals surface area contributed by atoms with E-state index in [1.165, 1.54) is 11.0 Å². The number of urea groups is 1. The number of amides is 4. The molecule has 4 rings (SSSR count). The number of hydrogen-bond donors (Lipinski definition) is 2. The molecule has 0 fully saturated rings. The summed E-state index contributed by atoms with van der Waals surface area (Å²) in [6, 6.07) is 11.4. The van der Waals surface area contributed by atoms with Gasteiger partial charge in [0.15, 0.2) is 17.6 Å². The van der Waals surface area contributed by atoms with Gasteiger partial charge >= 0.3 is 6.03 Å². The van der Waals surface area contributed by atoms with Gasteiger partial charge < -0.3 is 20.1 Å². The maximum atomic E-state index is 12.5. The maximum absolute atomic E-state index is 12.5. The molecule has 1 unspecified atom stereocenters. The first-order valence-corrected chi connectivity index (χ1v) is 9.39. The van der Waals surface area contributed by atoms with Gasteiger partial charge in [0.1, 0.15) is 6.61 Å². The minimum Gasteiger partial charge on any atom is -0.486 e. The second-order valence-electron chi connectivity index (χ2n) is 7.17. The average Bonchev–Trinajstić information content (AvgIpc) is 2.96. The SMILES string of the molecule is CC(C)N1C(=O)c2ccc(NC(=O)NCC3COc4ccccc4O3)cc2C1=O. The molecule has 2 aromatic carbocycles. The second kappa shape index (κ2) is 7.46. The van der Waals surface area contributed by atoms with Crippen molar-refractivity contribution in [2.75, 3.05) is 18.5 Å². The number of imide groups is 1. The average molecular weight is 395 g/mol. The summed E-state index contributed by atoms with van der Waals surface area (Å²) in [5, 5.41) is 5.41. The molecule has 4 amide bonds. The molecule has 2 heterocycles. The minimum atomic E-state index is -0.440. The van der Waals surface area contributed by atoms with E-state index >= 15 is 0 Å². The summed E-state index contributed by atoms with van der Waals surface area (Å²) in [6.07, 6.45) is -0.311. The summed E-state index contributed by atoms with van der Waals surface area (Å²) < 4.78 is 11.4. The first kappa shape index (κ1) is 18.8. The summed E-state index contributed by atoms with van der Waals surface area (Å²) in [5.74, 6) is 0.657. The third-order valence-electron chi connectivity index (χ3n) is 4.75. The van der Waals surface area contributed by atoms with Gasteiger partial charge in [0.2, 0.25) is 0 Å². The molecule has 0 spiro atoms. The Balaban J connectivity index is 1.36. The first-order chi connectivity index (χ1) is 13.9. The van der Waals surface area contributed by atoms with E-state index in [4.69, 9.17) is 9.47 Å². The number of nitrogens with zero attached hydrogens (tertiary/aromatic N) is 1. The number of rotatable bonds is 4. The van der Waals surface area contributed by atoms with Gasteiger partial charge in [-0.15, -0.1) is 0 Å². The molecule has 0 aromatic heterocycles. The molecule has 29 heavy (non-hydrogen) atoms. The lowest BCUT2D eigenvalue weighted by Gasteiger charge is -2.26. The monoisotopic (exact) mass is 395 g/mol. The van der Waals surface area contributed by atoms with Crippen LogP contribution in [-0.4, -0.2) is 48.0 Å². The smallest absolute Gasteiger partial charge is 0.319 e. The summed E-state index contributed by atoms with van der Waals surface area (Å²) in [5.41, 5.74) is 1.07. The van der Waals surface area contributed by atoms with Gasteiger partial charge in [-0.1, -0.05) is 12.1 Å². The minimum absolute atomic E-state index is 0.232. The number of carbonyl (C=O) groups excluding carboxylic acids is 3. The Kier molecular flexibility index (Phi) is 4.84. The van der Waals surface area contributed by atoms with Crippen LogP contribution in [0.5, 0.6) is 11.5 Å². The molecule has 2 aliphatic rings. The molecule has 8 heteroatoms. The van der Waals surface area contributed by atoms with Crippen molar-refractivity contribution in [3.05, 3.63) is 53.6 Å². The molecular formula is C21H21N3O5. The predicted molar refractivity (Wildman–Crippen MR) is 105 cm³/mol. The zero-order valence-electron chi connectivity index (χ0n) is 16.1. The van der Waals surface area contributed by atoms with Gasteiger partial charge in [-0.05, 0) is 44.2 Å². The van der Waals surface area contributed by atoms with E-state index in [0.717, 1.165) is 0 Å². The highest BCUT2D eigenvalue weighted by molar-refractivity contribution is 6.22. The third-order valence-corrected chi connectivity index (χ3v) is 4.75. The Labute approximate surface area is 167 Å². The van der Waals surface area contributed by atoms with Crippen molar-refractivity contribution in [1.82, 2.24) is 10.2 Å². The molecule has 0 saturated heterocycles. The van der Waals surface area contributed by atoms with Gasteiger partial charge in [-0.2, -0.15) is 0 Å². The largest absolute Gasteiger partial charge is 0.486 e. The second-order valence-corrected chi connectivity index (χ2v) is 7.17. The topological polar surface area (TPSA) is 97.0 Å². The number of benzene rings is 2. The highest BCUT2D eigenvalue weighted by Crippen LogP contribution is 2.31. The van der Waals surface area contributed by atoms with E-state index in [1.54, 1.807) is 26.0 Å². The number of fused-ring (bicyclic) bond motifs is 2. The summed E-state index contributed by atoms with van der Waals surface area (Å²) >= 11 is 0. The van der Waals surface area contributed by atoms with Crippen LogP contribution in [0.3, 0.4) is 0 Å². The Hall–Kier alpha value is -3.55. The lowest BCUT2D eigenvalue weighted by molar-refractivity contribution is 0.0609. The molecule has 0 radical (unpaired) electrons. The molecule has 0 saturated carbocycles. The van der Waals surface area contributed by atoms with E-state index in [1.807, 2.05) is 24.3 Å². The molecular weight excluding hydrogens is 374 g/mol. The van der Waals surface area contributed by atoms with E-state index in [-0.39, 0.29) is 30.5 Å². The van der Waals surface area contributed by atoms with Crippen LogP contribution in [0.15, 0.2) is 42.5 Å². The molecule has 2 aromatic rings. The Morgan fingerprint density at radius 3 is 2.59 bits per heavy atom. The van der Waals surface area contributed by atoms with Gasteiger partial charge in [-0.25, -0.2) is 4.79 Å². The Morgan fingerprint density at radius 2 is 1.83 bits per heavy atom. The van der Waals surface area contributed by atoms with Crippen LogP contribution in [0.25, 0.3) is 0 Å². The van der Waals surface area contributed by atoms with Gasteiger partial charge in [0, 0.05) is 11.7 Å². The van der Waals surface area contributed by atoms with Crippen LogP contribution in [0, 0.1) is 0 Å². The maximum Gasteiger partial charge on any atom is 0.319 e. The first-order valence-electron chi connectivity index (χ1n) is 9.39. The molecule has 0 aliphatic carbocycles. The fourth-order valence-corrected chi connectivity index (χ4v) is 3.35. The molecule has 1 atom stereocenters. The zero-order valence-corrected chi connectivity index (χ0v) is 16.1. The van der Waals surface area contributed by atoms with E-state index in [0.29, 0.717) is 34.9 Å². The van der Waals surface area contributed by atoms with Crippen LogP contribution in [0.4, 0.5) is 10.5 Å². The highest BCUT2D eigenvalue weighted by atomic mass is 16.6. The number of nitrogens with one attached hydrogen (secondary N) is 2. The van der Waals surface area contributed by atoms with Crippen molar-refractivity contribution in [1.29, 1.82) is 0 Å². The lowest BCUT2D eigenvalue weighted by Crippen LogP contribution is -2.42. The Bertz CT molecular complexity index is 988. The van der Waals surface area contributed by atoms with Crippen LogP contribution in [0.1, 0.15) is 34.6 Å². The van der Waals surface area contributed by atoms with Gasteiger partial charge in [0.25, 0.3) is 11.8 Å². The number of hydrogen-bond acceptors (Lipinski definition) is 5. The fraction of sp³-hybridized carbons (Fsp3) is 0.286. The standard InChI is InChI=1S/C21H21N3O5/c1-12(2)24-19(25)15-8-7-13(9-16(15)20(24)26)23-21(27)22-10-14-11-28-17-5-3-4-6-18(17)29-14/h3-9,12,14H,10-11H2,1-2H3,(H2,22,23,27). The van der Waals surface area contributed by atoms with Crippen LogP contribution < -0.4 is 20.1 Å². The number of anilines is 1. The molecule has 8 nitrogen and oxygen atoms in total. The molecule has 0 bridgehead atoms. The third kappa shape index (κ3) is 3.61. The van der Waals surface area contributed by atoms with Crippen molar-refractivity contribution >= 4 is 23.5 Å². The lowest BCUT2D eigenvalue weighted by atomic mass is 10.1. The molecule has 150 valence electrons. The quantitative estimate of drug-likeness (QED) is 0.776. The van der Waals surface area contributed by atoms with Crippen molar-refractivity contribution in [3.8, 4) is 11.5 Å². The van der Waals surface area contributed by atoms with Gasteiger partial charge in [0.05, 0.1) is 17.7 Å². The normalized spacial score (nSPS) is 17.3. The summed E-state index contributed by atoms with van der Waals surface area (Å²) in [4.78, 5) is 38.2. The van der Waals surface area contributed by atoms with E-state index < -0.39 is 6.03 Å². The number of carbonyl (C=O) groups is 3. The highest BCUT2D eigenvalue weighted by Gasteiger charge is 2.37. The van der Waals surface area contributed by atoms with Crippen molar-refractivity contribution in [2.45, 2.75) is 26.0 Å². The van der Waals surface area contributed by atoms with Crippen molar-refractivity contribution < 1.29 is 23.9 Å². The fourth-order valence-electron chi connectivity index (χ4n) is 3.35. The van der Waals surface area contributed by atoms with Crippen LogP contribution in [0.2, 0.25) is 0 Å². The summed E-state index contributed by atoms with van der Waals surface area (Å²) in [7, 11) is 0. The van der Waals surface area contributed by atoms with Crippen molar-refractivity contribution in [2.24, 2.45) is 0 Å². The van der Waals surface area contributed by atoms with E-state index in [9.17, 15) is 14.4 Å². The van der Waals surface area contributed by atoms with Gasteiger partial charge in [-0.3, -0.25) is 14.5 Å². The predicted octanol–water partition coefficient (Wildman–Crippen LogP) is 2.65. The molecule has 2 aliphatic heterocycles. The summed E-state index contributed by atoms with van der Waals surface area (Å²) in [6.45, 7) is 4.15. The molecule has 2 N–H and O–H groups in total. The van der Waals surface area contributed by atoms with Crippen LogP contribution in [-0.2, 0) is 0 Å².